The number of hydrogen-bond acceptors (Lipinski definition) is 3. The molecule has 5 heteroatoms. The van der Waals surface area contributed by atoms with Gasteiger partial charge in [0.2, 0.25) is 5.88 Å². The van der Waals surface area contributed by atoms with Crippen LogP contribution in [0.15, 0.2) is 42.6 Å². The Bertz CT molecular complexity index is 641. The molecule has 2 rings (SSSR count). The van der Waals surface area contributed by atoms with E-state index in [2.05, 4.69) is 29.5 Å². The molecule has 2 amide bonds. The zero-order chi connectivity index (χ0) is 15.9. The Labute approximate surface area is 130 Å². The van der Waals surface area contributed by atoms with Crippen LogP contribution in [0, 0.1) is 0 Å². The molecule has 0 saturated heterocycles. The molecule has 1 aromatic carbocycles. The molecule has 116 valence electrons. The predicted octanol–water partition coefficient (Wildman–Crippen LogP) is 3.54. The highest BCUT2D eigenvalue weighted by Gasteiger charge is 2.07. The SMILES string of the molecule is COc1ncccc1CNC(=O)Nc1cccc(C(C)C)c1. The Morgan fingerprint density at radius 3 is 2.82 bits per heavy atom. The third-order valence-corrected chi connectivity index (χ3v) is 3.29. The van der Waals surface area contributed by atoms with Crippen LogP contribution in [0.4, 0.5) is 10.5 Å². The number of rotatable bonds is 5. The van der Waals surface area contributed by atoms with E-state index in [0.717, 1.165) is 11.3 Å². The molecule has 0 aliphatic carbocycles. The monoisotopic (exact) mass is 299 g/mol. The molecule has 22 heavy (non-hydrogen) atoms. The average molecular weight is 299 g/mol. The van der Waals surface area contributed by atoms with E-state index in [0.29, 0.717) is 18.3 Å². The Kier molecular flexibility index (Phi) is 5.36. The zero-order valence-corrected chi connectivity index (χ0v) is 13.1. The zero-order valence-electron chi connectivity index (χ0n) is 13.1. The smallest absolute Gasteiger partial charge is 0.319 e. The van der Waals surface area contributed by atoms with Gasteiger partial charge in [-0.25, -0.2) is 9.78 Å². The maximum absolute atomic E-state index is 12.0. The molecule has 0 radical (unpaired) electrons. The van der Waals surface area contributed by atoms with Gasteiger partial charge in [-0.1, -0.05) is 32.0 Å². The van der Waals surface area contributed by atoms with E-state index in [-0.39, 0.29) is 6.03 Å². The molecule has 1 heterocycles. The van der Waals surface area contributed by atoms with Crippen LogP contribution in [-0.4, -0.2) is 18.1 Å². The van der Waals surface area contributed by atoms with Gasteiger partial charge in [0.15, 0.2) is 0 Å². The molecule has 5 nitrogen and oxygen atoms in total. The topological polar surface area (TPSA) is 63.2 Å². The first-order valence-electron chi connectivity index (χ1n) is 7.23. The minimum absolute atomic E-state index is 0.258. The largest absolute Gasteiger partial charge is 0.481 e. The quantitative estimate of drug-likeness (QED) is 0.887. The molecular formula is C17H21N3O2. The van der Waals surface area contributed by atoms with E-state index >= 15 is 0 Å². The Hall–Kier alpha value is -2.56. The standard InChI is InChI=1S/C17H21N3O2/c1-12(2)13-6-4-8-15(10-13)20-17(21)19-11-14-7-5-9-18-16(14)22-3/h4-10,12H,11H2,1-3H3,(H2,19,20,21). The number of nitrogens with zero attached hydrogens (tertiary/aromatic N) is 1. The van der Waals surface area contributed by atoms with Crippen molar-refractivity contribution in [1.82, 2.24) is 10.3 Å². The summed E-state index contributed by atoms with van der Waals surface area (Å²) in [6, 6.07) is 11.3. The number of carbonyl (C=O) groups is 1. The van der Waals surface area contributed by atoms with E-state index in [1.165, 1.54) is 5.56 Å². The Morgan fingerprint density at radius 1 is 1.27 bits per heavy atom. The number of hydrogen-bond donors (Lipinski definition) is 2. The van der Waals surface area contributed by atoms with E-state index in [1.807, 2.05) is 36.4 Å². The van der Waals surface area contributed by atoms with E-state index in [4.69, 9.17) is 4.74 Å². The summed E-state index contributed by atoms with van der Waals surface area (Å²) < 4.78 is 5.16. The van der Waals surface area contributed by atoms with Gasteiger partial charge in [0.1, 0.15) is 0 Å². The highest BCUT2D eigenvalue weighted by atomic mass is 16.5. The molecule has 0 atom stereocenters. The molecule has 0 aliphatic rings. The van der Waals surface area contributed by atoms with Gasteiger partial charge in [-0.2, -0.15) is 0 Å². The molecule has 0 aliphatic heterocycles. The second-order valence-electron chi connectivity index (χ2n) is 5.26. The van der Waals surface area contributed by atoms with E-state index in [1.54, 1.807) is 13.3 Å². The number of anilines is 1. The molecule has 0 spiro atoms. The minimum Gasteiger partial charge on any atom is -0.481 e. The van der Waals surface area contributed by atoms with Crippen LogP contribution >= 0.6 is 0 Å². The third-order valence-electron chi connectivity index (χ3n) is 3.29. The molecule has 0 saturated carbocycles. The highest BCUT2D eigenvalue weighted by Crippen LogP contribution is 2.18. The van der Waals surface area contributed by atoms with Gasteiger partial charge in [0, 0.05) is 24.0 Å². The molecule has 0 unspecified atom stereocenters. The van der Waals surface area contributed by atoms with Crippen molar-refractivity contribution in [1.29, 1.82) is 0 Å². The Balaban J connectivity index is 1.94. The number of ether oxygens (including phenoxy) is 1. The van der Waals surface area contributed by atoms with Crippen LogP contribution in [0.5, 0.6) is 5.88 Å². The van der Waals surface area contributed by atoms with Gasteiger partial charge in [0.05, 0.1) is 7.11 Å². The predicted molar refractivity (Wildman–Crippen MR) is 87.2 cm³/mol. The maximum atomic E-state index is 12.0. The summed E-state index contributed by atoms with van der Waals surface area (Å²) in [5, 5.41) is 5.63. The number of urea groups is 1. The molecule has 0 bridgehead atoms. The lowest BCUT2D eigenvalue weighted by Gasteiger charge is -2.11. The lowest BCUT2D eigenvalue weighted by molar-refractivity contribution is 0.251. The summed E-state index contributed by atoms with van der Waals surface area (Å²) in [5.41, 5.74) is 2.80. The number of amides is 2. The second-order valence-corrected chi connectivity index (χ2v) is 5.26. The number of carbonyl (C=O) groups excluding carboxylic acids is 1. The summed E-state index contributed by atoms with van der Waals surface area (Å²) in [6.45, 7) is 4.59. The molecule has 0 fully saturated rings. The van der Waals surface area contributed by atoms with Crippen LogP contribution in [0.2, 0.25) is 0 Å². The fourth-order valence-corrected chi connectivity index (χ4v) is 2.07. The number of aromatic nitrogens is 1. The van der Waals surface area contributed by atoms with Crippen LogP contribution < -0.4 is 15.4 Å². The van der Waals surface area contributed by atoms with Crippen molar-refractivity contribution in [3.05, 3.63) is 53.7 Å². The van der Waals surface area contributed by atoms with Crippen LogP contribution in [0.1, 0.15) is 30.9 Å². The molecule has 1 aromatic heterocycles. The van der Waals surface area contributed by atoms with Gasteiger partial charge < -0.3 is 15.4 Å². The minimum atomic E-state index is -0.258. The van der Waals surface area contributed by atoms with Gasteiger partial charge in [-0.15, -0.1) is 0 Å². The number of pyridine rings is 1. The summed E-state index contributed by atoms with van der Waals surface area (Å²) in [6.07, 6.45) is 1.65. The third kappa shape index (κ3) is 4.22. The van der Waals surface area contributed by atoms with Gasteiger partial charge in [-0.3, -0.25) is 0 Å². The lowest BCUT2D eigenvalue weighted by atomic mass is 10.0. The average Bonchev–Trinajstić information content (AvgIpc) is 2.53. The van der Waals surface area contributed by atoms with Crippen LogP contribution in [0.25, 0.3) is 0 Å². The normalized spacial score (nSPS) is 10.4. The van der Waals surface area contributed by atoms with Crippen molar-refractivity contribution in [2.75, 3.05) is 12.4 Å². The molecular weight excluding hydrogens is 278 g/mol. The van der Waals surface area contributed by atoms with Crippen molar-refractivity contribution in [3.63, 3.8) is 0 Å². The van der Waals surface area contributed by atoms with E-state index in [9.17, 15) is 4.79 Å². The first kappa shape index (κ1) is 15.8. The van der Waals surface area contributed by atoms with Crippen molar-refractivity contribution in [2.24, 2.45) is 0 Å². The van der Waals surface area contributed by atoms with Crippen molar-refractivity contribution in [2.45, 2.75) is 26.3 Å². The number of methoxy groups -OCH3 is 1. The number of benzene rings is 1. The lowest BCUT2D eigenvalue weighted by Crippen LogP contribution is -2.28. The van der Waals surface area contributed by atoms with Gasteiger partial charge >= 0.3 is 6.03 Å². The van der Waals surface area contributed by atoms with E-state index < -0.39 is 0 Å². The van der Waals surface area contributed by atoms with Gasteiger partial charge in [0.25, 0.3) is 0 Å². The number of nitrogens with one attached hydrogen (secondary N) is 2. The Morgan fingerprint density at radius 2 is 2.09 bits per heavy atom. The van der Waals surface area contributed by atoms with Crippen molar-refractivity contribution < 1.29 is 9.53 Å². The molecule has 2 aromatic rings. The summed E-state index contributed by atoms with van der Waals surface area (Å²) in [5.74, 6) is 0.939. The first-order valence-corrected chi connectivity index (χ1v) is 7.23. The summed E-state index contributed by atoms with van der Waals surface area (Å²) in [4.78, 5) is 16.1. The fraction of sp³-hybridized carbons (Fsp3) is 0.294. The fourth-order valence-electron chi connectivity index (χ4n) is 2.07. The van der Waals surface area contributed by atoms with Crippen molar-refractivity contribution in [3.8, 4) is 5.88 Å². The summed E-state index contributed by atoms with van der Waals surface area (Å²) in [7, 11) is 1.56. The van der Waals surface area contributed by atoms with Crippen LogP contribution in [-0.2, 0) is 6.54 Å². The van der Waals surface area contributed by atoms with Gasteiger partial charge in [-0.05, 0) is 29.7 Å². The molecule has 2 N–H and O–H groups in total. The second kappa shape index (κ2) is 7.45. The maximum Gasteiger partial charge on any atom is 0.319 e. The summed E-state index contributed by atoms with van der Waals surface area (Å²) >= 11 is 0. The first-order chi connectivity index (χ1) is 10.6. The highest BCUT2D eigenvalue weighted by molar-refractivity contribution is 5.89. The van der Waals surface area contributed by atoms with Crippen molar-refractivity contribution >= 4 is 11.7 Å². The van der Waals surface area contributed by atoms with Crippen LogP contribution in [0.3, 0.4) is 0 Å².